The van der Waals surface area contributed by atoms with E-state index in [9.17, 15) is 9.18 Å². The average Bonchev–Trinajstić information content (AvgIpc) is 2.64. The lowest BCUT2D eigenvalue weighted by atomic mass is 10.1. The maximum Gasteiger partial charge on any atom is 0.253 e. The van der Waals surface area contributed by atoms with Crippen LogP contribution in [-0.2, 0) is 0 Å². The van der Waals surface area contributed by atoms with Gasteiger partial charge in [0.05, 0.1) is 11.1 Å². The monoisotopic (exact) mass is 249 g/mol. The number of halogens is 1. The molecule has 1 heterocycles. The molecule has 1 amide bonds. The van der Waals surface area contributed by atoms with Crippen molar-refractivity contribution in [2.24, 2.45) is 5.73 Å². The zero-order chi connectivity index (χ0) is 13.3. The van der Waals surface area contributed by atoms with Gasteiger partial charge in [0.25, 0.3) is 5.91 Å². The van der Waals surface area contributed by atoms with Gasteiger partial charge >= 0.3 is 0 Å². The van der Waals surface area contributed by atoms with E-state index >= 15 is 0 Å². The molecule has 18 heavy (non-hydrogen) atoms. The Morgan fingerprint density at radius 3 is 2.94 bits per heavy atom. The van der Waals surface area contributed by atoms with Gasteiger partial charge in [-0.15, -0.1) is 0 Å². The van der Waals surface area contributed by atoms with Crippen molar-refractivity contribution >= 4 is 16.8 Å². The second kappa shape index (κ2) is 4.78. The summed E-state index contributed by atoms with van der Waals surface area (Å²) in [5, 5.41) is 3.32. The van der Waals surface area contributed by atoms with Crippen LogP contribution >= 0.6 is 0 Å². The van der Waals surface area contributed by atoms with E-state index in [2.05, 4.69) is 10.3 Å². The number of rotatable bonds is 3. The van der Waals surface area contributed by atoms with E-state index in [0.717, 1.165) is 0 Å². The maximum absolute atomic E-state index is 13.6. The van der Waals surface area contributed by atoms with Crippen LogP contribution in [0.25, 0.3) is 10.9 Å². The molecule has 1 atom stereocenters. The van der Waals surface area contributed by atoms with Gasteiger partial charge in [0.15, 0.2) is 0 Å². The van der Waals surface area contributed by atoms with Gasteiger partial charge in [-0.05, 0) is 19.9 Å². The molecule has 5 heteroatoms. The molecule has 1 aromatic heterocycles. The molecule has 0 aliphatic rings. The van der Waals surface area contributed by atoms with E-state index in [1.165, 1.54) is 6.07 Å². The first-order chi connectivity index (χ1) is 8.50. The van der Waals surface area contributed by atoms with Crippen LogP contribution in [0.5, 0.6) is 0 Å². The largest absolute Gasteiger partial charge is 0.356 e. The van der Waals surface area contributed by atoms with Crippen LogP contribution in [0.1, 0.15) is 23.0 Å². The maximum atomic E-state index is 13.6. The summed E-state index contributed by atoms with van der Waals surface area (Å²) in [6.45, 7) is 3.95. The highest BCUT2D eigenvalue weighted by molar-refractivity contribution is 6.08. The summed E-state index contributed by atoms with van der Waals surface area (Å²) >= 11 is 0. The molecule has 0 spiro atoms. The topological polar surface area (TPSA) is 70.9 Å². The van der Waals surface area contributed by atoms with Gasteiger partial charge < -0.3 is 16.0 Å². The molecule has 0 saturated carbocycles. The number of hydrogen-bond donors (Lipinski definition) is 3. The lowest BCUT2D eigenvalue weighted by Gasteiger charge is -2.07. The summed E-state index contributed by atoms with van der Waals surface area (Å²) in [5.41, 5.74) is 7.08. The molecule has 0 radical (unpaired) electrons. The third-order valence-corrected chi connectivity index (χ3v) is 2.78. The van der Waals surface area contributed by atoms with E-state index < -0.39 is 0 Å². The number of hydrogen-bond acceptors (Lipinski definition) is 2. The zero-order valence-electron chi connectivity index (χ0n) is 10.4. The van der Waals surface area contributed by atoms with Crippen molar-refractivity contribution < 1.29 is 9.18 Å². The molecule has 0 aliphatic heterocycles. The minimum atomic E-state index is -0.359. The Balaban J connectivity index is 2.41. The third kappa shape index (κ3) is 2.22. The Labute approximate surface area is 104 Å². The molecular formula is C13H16FN3O. The van der Waals surface area contributed by atoms with Crippen LogP contribution in [0.15, 0.2) is 18.2 Å². The molecule has 96 valence electrons. The number of amides is 1. The first-order valence-electron chi connectivity index (χ1n) is 5.81. The Morgan fingerprint density at radius 2 is 2.28 bits per heavy atom. The van der Waals surface area contributed by atoms with Crippen molar-refractivity contribution in [3.8, 4) is 0 Å². The van der Waals surface area contributed by atoms with Gasteiger partial charge in [-0.1, -0.05) is 12.1 Å². The molecule has 4 nitrogen and oxygen atoms in total. The van der Waals surface area contributed by atoms with Crippen molar-refractivity contribution in [2.75, 3.05) is 6.54 Å². The fraction of sp³-hybridized carbons (Fsp3) is 0.308. The fourth-order valence-electron chi connectivity index (χ4n) is 1.95. The van der Waals surface area contributed by atoms with Gasteiger partial charge in [0, 0.05) is 23.7 Å². The highest BCUT2D eigenvalue weighted by atomic mass is 19.1. The predicted molar refractivity (Wildman–Crippen MR) is 69.0 cm³/mol. The molecule has 0 aliphatic carbocycles. The zero-order valence-corrected chi connectivity index (χ0v) is 10.4. The summed E-state index contributed by atoms with van der Waals surface area (Å²) in [5.74, 6) is -0.594. The summed E-state index contributed by atoms with van der Waals surface area (Å²) in [6.07, 6.45) is 0. The molecule has 4 N–H and O–H groups in total. The molecule has 2 rings (SSSR count). The summed E-state index contributed by atoms with van der Waals surface area (Å²) < 4.78 is 13.6. The van der Waals surface area contributed by atoms with E-state index in [4.69, 9.17) is 5.73 Å². The Kier molecular flexibility index (Phi) is 3.34. The molecule has 0 fully saturated rings. The van der Waals surface area contributed by atoms with Crippen molar-refractivity contribution in [1.29, 1.82) is 0 Å². The Bertz CT molecular complexity index is 589. The van der Waals surface area contributed by atoms with Crippen LogP contribution in [0.2, 0.25) is 0 Å². The van der Waals surface area contributed by atoms with Crippen LogP contribution in [0.4, 0.5) is 4.39 Å². The van der Waals surface area contributed by atoms with E-state index in [1.54, 1.807) is 19.1 Å². The van der Waals surface area contributed by atoms with Gasteiger partial charge in [-0.3, -0.25) is 4.79 Å². The summed E-state index contributed by atoms with van der Waals surface area (Å²) in [6, 6.07) is 4.56. The number of para-hydroxylation sites is 1. The number of nitrogens with two attached hydrogens (primary N) is 1. The number of carbonyl (C=O) groups is 1. The molecule has 0 bridgehead atoms. The van der Waals surface area contributed by atoms with E-state index in [1.807, 2.05) is 6.92 Å². The van der Waals surface area contributed by atoms with Crippen molar-refractivity contribution in [3.63, 3.8) is 0 Å². The molecule has 2 aromatic rings. The molecule has 0 saturated heterocycles. The number of fused-ring (bicyclic) bond motifs is 1. The first kappa shape index (κ1) is 12.6. The lowest BCUT2D eigenvalue weighted by molar-refractivity contribution is 0.0953. The first-order valence-corrected chi connectivity index (χ1v) is 5.81. The van der Waals surface area contributed by atoms with E-state index in [0.29, 0.717) is 28.7 Å². The number of aryl methyl sites for hydroxylation is 1. The van der Waals surface area contributed by atoms with Crippen molar-refractivity contribution in [3.05, 3.63) is 35.3 Å². The predicted octanol–water partition coefficient (Wildman–Crippen LogP) is 1.69. The van der Waals surface area contributed by atoms with Gasteiger partial charge in [-0.2, -0.15) is 0 Å². The highest BCUT2D eigenvalue weighted by Crippen LogP contribution is 2.23. The third-order valence-electron chi connectivity index (χ3n) is 2.78. The summed E-state index contributed by atoms with van der Waals surface area (Å²) in [7, 11) is 0. The van der Waals surface area contributed by atoms with Gasteiger partial charge in [0.2, 0.25) is 0 Å². The van der Waals surface area contributed by atoms with E-state index in [-0.39, 0.29) is 17.8 Å². The SMILES string of the molecule is Cc1[nH]c2c(F)cccc2c1C(=O)NCC(C)N. The number of aromatic amines is 1. The Morgan fingerprint density at radius 1 is 1.56 bits per heavy atom. The minimum absolute atomic E-state index is 0.115. The van der Waals surface area contributed by atoms with Crippen molar-refractivity contribution in [2.45, 2.75) is 19.9 Å². The van der Waals surface area contributed by atoms with Crippen LogP contribution in [0.3, 0.4) is 0 Å². The molecule has 1 unspecified atom stereocenters. The van der Waals surface area contributed by atoms with Crippen molar-refractivity contribution in [1.82, 2.24) is 10.3 Å². The minimum Gasteiger partial charge on any atom is -0.356 e. The quantitative estimate of drug-likeness (QED) is 0.774. The summed E-state index contributed by atoms with van der Waals surface area (Å²) in [4.78, 5) is 14.9. The number of benzene rings is 1. The lowest BCUT2D eigenvalue weighted by Crippen LogP contribution is -2.35. The number of aromatic nitrogens is 1. The fourth-order valence-corrected chi connectivity index (χ4v) is 1.95. The van der Waals surface area contributed by atoms with Crippen LogP contribution in [0, 0.1) is 12.7 Å². The van der Waals surface area contributed by atoms with Gasteiger partial charge in [-0.25, -0.2) is 4.39 Å². The standard InChI is InChI=1S/C13H16FN3O/c1-7(15)6-16-13(18)11-8(2)17-12-9(11)4-3-5-10(12)14/h3-5,7,17H,6,15H2,1-2H3,(H,16,18). The average molecular weight is 249 g/mol. The normalized spacial score (nSPS) is 12.7. The second-order valence-electron chi connectivity index (χ2n) is 4.47. The molecule has 1 aromatic carbocycles. The highest BCUT2D eigenvalue weighted by Gasteiger charge is 2.17. The number of H-pyrrole nitrogens is 1. The van der Waals surface area contributed by atoms with Crippen LogP contribution < -0.4 is 11.1 Å². The Hall–Kier alpha value is -1.88. The second-order valence-corrected chi connectivity index (χ2v) is 4.47. The number of carbonyl (C=O) groups excluding carboxylic acids is 1. The smallest absolute Gasteiger partial charge is 0.253 e. The molecular weight excluding hydrogens is 233 g/mol. The van der Waals surface area contributed by atoms with Gasteiger partial charge in [0.1, 0.15) is 5.82 Å². The number of nitrogens with one attached hydrogen (secondary N) is 2. The van der Waals surface area contributed by atoms with Crippen LogP contribution in [-0.4, -0.2) is 23.5 Å².